The third-order valence-corrected chi connectivity index (χ3v) is 3.38. The highest BCUT2D eigenvalue weighted by Gasteiger charge is 2.17. The topological polar surface area (TPSA) is 84.5 Å². The summed E-state index contributed by atoms with van der Waals surface area (Å²) in [5.41, 5.74) is 7.46. The molecule has 0 aliphatic heterocycles. The Balaban J connectivity index is 2.69. The molecule has 2 rings (SSSR count). The van der Waals surface area contributed by atoms with E-state index in [4.69, 9.17) is 22.1 Å². The number of hydrogen-bond acceptors (Lipinski definition) is 6. The Morgan fingerprint density at radius 1 is 1.33 bits per heavy atom. The van der Waals surface area contributed by atoms with Crippen LogP contribution in [0, 0.1) is 0 Å². The fraction of sp³-hybridized carbons (Fsp3) is 0.429. The minimum Gasteiger partial charge on any atom is -0.496 e. The molecular formula is C14H19ClN4O2. The number of ether oxygens (including phenoxy) is 1. The molecule has 0 amide bonds. The van der Waals surface area contributed by atoms with Crippen LogP contribution in [0.3, 0.4) is 0 Å². The number of nitrogen functional groups attached to an aromatic ring is 1. The molecule has 0 aliphatic carbocycles. The average molecular weight is 311 g/mol. The molecule has 0 atom stereocenters. The Labute approximate surface area is 128 Å². The molecule has 7 heteroatoms. The zero-order valence-corrected chi connectivity index (χ0v) is 12.9. The highest BCUT2D eigenvalue weighted by molar-refractivity contribution is 6.29. The SMILES string of the molecule is CCCN(CCO)c1ccc(OC)c2c(N)nc(Cl)nc12. The summed E-state index contributed by atoms with van der Waals surface area (Å²) in [6.07, 6.45) is 0.946. The van der Waals surface area contributed by atoms with Gasteiger partial charge in [0.15, 0.2) is 0 Å². The minimum atomic E-state index is 0.0574. The van der Waals surface area contributed by atoms with Gasteiger partial charge >= 0.3 is 0 Å². The van der Waals surface area contributed by atoms with Gasteiger partial charge in [-0.05, 0) is 30.2 Å². The van der Waals surface area contributed by atoms with Crippen molar-refractivity contribution >= 4 is 34.0 Å². The van der Waals surface area contributed by atoms with Gasteiger partial charge in [-0.3, -0.25) is 0 Å². The van der Waals surface area contributed by atoms with Gasteiger partial charge in [0.2, 0.25) is 5.28 Å². The first kappa shape index (κ1) is 15.6. The molecule has 0 saturated heterocycles. The monoisotopic (exact) mass is 310 g/mol. The Morgan fingerprint density at radius 2 is 2.10 bits per heavy atom. The second kappa shape index (κ2) is 6.78. The largest absolute Gasteiger partial charge is 0.496 e. The predicted octanol–water partition coefficient (Wildman–Crippen LogP) is 2.08. The summed E-state index contributed by atoms with van der Waals surface area (Å²) >= 11 is 5.94. The Morgan fingerprint density at radius 3 is 2.71 bits per heavy atom. The third-order valence-electron chi connectivity index (χ3n) is 3.22. The molecule has 0 aliphatic rings. The molecule has 0 spiro atoms. The van der Waals surface area contributed by atoms with E-state index >= 15 is 0 Å². The number of anilines is 2. The number of fused-ring (bicyclic) bond motifs is 1. The van der Waals surface area contributed by atoms with Gasteiger partial charge in [0, 0.05) is 13.1 Å². The fourth-order valence-electron chi connectivity index (χ4n) is 2.36. The highest BCUT2D eigenvalue weighted by Crippen LogP contribution is 2.36. The van der Waals surface area contributed by atoms with Gasteiger partial charge in [-0.2, -0.15) is 0 Å². The first-order valence-electron chi connectivity index (χ1n) is 6.77. The summed E-state index contributed by atoms with van der Waals surface area (Å²) < 4.78 is 5.33. The zero-order chi connectivity index (χ0) is 15.4. The predicted molar refractivity (Wildman–Crippen MR) is 85.1 cm³/mol. The van der Waals surface area contributed by atoms with Gasteiger partial charge in [-0.25, -0.2) is 9.97 Å². The van der Waals surface area contributed by atoms with Crippen molar-refractivity contribution in [3.05, 3.63) is 17.4 Å². The quantitative estimate of drug-likeness (QED) is 0.795. The number of methoxy groups -OCH3 is 1. The standard InChI is InChI=1S/C14H19ClN4O2/c1-3-6-19(7-8-20)9-4-5-10(21-2)11-12(9)17-14(15)18-13(11)16/h4-5,20H,3,6-8H2,1-2H3,(H2,16,17,18). The maximum Gasteiger partial charge on any atom is 0.224 e. The molecule has 3 N–H and O–H groups in total. The highest BCUT2D eigenvalue weighted by atomic mass is 35.5. The van der Waals surface area contributed by atoms with Crippen LogP contribution in [-0.2, 0) is 0 Å². The van der Waals surface area contributed by atoms with E-state index in [1.807, 2.05) is 17.0 Å². The number of nitrogens with two attached hydrogens (primary N) is 1. The van der Waals surface area contributed by atoms with Crippen LogP contribution in [0.5, 0.6) is 5.75 Å². The number of hydrogen-bond donors (Lipinski definition) is 2. The Kier molecular flexibility index (Phi) is 5.03. The molecule has 1 aromatic carbocycles. The van der Waals surface area contributed by atoms with E-state index in [-0.39, 0.29) is 17.7 Å². The molecule has 6 nitrogen and oxygen atoms in total. The molecule has 114 valence electrons. The van der Waals surface area contributed by atoms with Crippen molar-refractivity contribution < 1.29 is 9.84 Å². The summed E-state index contributed by atoms with van der Waals surface area (Å²) in [5, 5.41) is 9.99. The van der Waals surface area contributed by atoms with Gasteiger partial charge in [-0.15, -0.1) is 0 Å². The van der Waals surface area contributed by atoms with Crippen LogP contribution in [-0.4, -0.2) is 41.9 Å². The molecular weight excluding hydrogens is 292 g/mol. The van der Waals surface area contributed by atoms with E-state index in [1.54, 1.807) is 7.11 Å². The van der Waals surface area contributed by atoms with Crippen LogP contribution in [0.25, 0.3) is 10.9 Å². The van der Waals surface area contributed by atoms with E-state index in [0.717, 1.165) is 18.7 Å². The van der Waals surface area contributed by atoms with E-state index in [0.29, 0.717) is 23.2 Å². The van der Waals surface area contributed by atoms with Gasteiger partial charge in [0.1, 0.15) is 17.1 Å². The molecule has 0 radical (unpaired) electrons. The number of rotatable bonds is 6. The smallest absolute Gasteiger partial charge is 0.224 e. The lowest BCUT2D eigenvalue weighted by Crippen LogP contribution is -2.27. The molecule has 21 heavy (non-hydrogen) atoms. The van der Waals surface area contributed by atoms with Crippen LogP contribution in [0.2, 0.25) is 5.28 Å². The van der Waals surface area contributed by atoms with Crippen LogP contribution in [0.15, 0.2) is 12.1 Å². The van der Waals surface area contributed by atoms with E-state index in [2.05, 4.69) is 16.9 Å². The molecule has 0 saturated carbocycles. The number of halogens is 1. The van der Waals surface area contributed by atoms with Crippen LogP contribution >= 0.6 is 11.6 Å². The van der Waals surface area contributed by atoms with Crippen molar-refractivity contribution in [2.24, 2.45) is 0 Å². The normalized spacial score (nSPS) is 10.9. The summed E-state index contributed by atoms with van der Waals surface area (Å²) in [4.78, 5) is 10.3. The molecule has 0 unspecified atom stereocenters. The first-order valence-corrected chi connectivity index (χ1v) is 7.15. The maximum atomic E-state index is 9.26. The lowest BCUT2D eigenvalue weighted by atomic mass is 10.1. The molecule has 1 aromatic heterocycles. The van der Waals surface area contributed by atoms with Crippen LogP contribution < -0.4 is 15.4 Å². The fourth-order valence-corrected chi connectivity index (χ4v) is 2.54. The number of aliphatic hydroxyl groups is 1. The average Bonchev–Trinajstić information content (AvgIpc) is 2.45. The van der Waals surface area contributed by atoms with Gasteiger partial charge in [0.05, 0.1) is 24.8 Å². The third kappa shape index (κ3) is 3.11. The van der Waals surface area contributed by atoms with Crippen molar-refractivity contribution in [2.75, 3.05) is 37.4 Å². The van der Waals surface area contributed by atoms with Crippen molar-refractivity contribution in [3.63, 3.8) is 0 Å². The number of aliphatic hydroxyl groups excluding tert-OH is 1. The summed E-state index contributed by atoms with van der Waals surface area (Å²) in [5.74, 6) is 0.882. The second-order valence-electron chi connectivity index (χ2n) is 4.60. The molecule has 0 bridgehead atoms. The number of aromatic nitrogens is 2. The molecule has 2 aromatic rings. The van der Waals surface area contributed by atoms with Crippen LogP contribution in [0.1, 0.15) is 13.3 Å². The summed E-state index contributed by atoms with van der Waals surface area (Å²) in [6, 6.07) is 3.72. The maximum absolute atomic E-state index is 9.26. The lowest BCUT2D eigenvalue weighted by molar-refractivity contribution is 0.302. The van der Waals surface area contributed by atoms with Crippen LogP contribution in [0.4, 0.5) is 11.5 Å². The van der Waals surface area contributed by atoms with Gasteiger partial charge in [0.25, 0.3) is 0 Å². The van der Waals surface area contributed by atoms with E-state index < -0.39 is 0 Å². The molecule has 1 heterocycles. The number of benzene rings is 1. The number of nitrogens with zero attached hydrogens (tertiary/aromatic N) is 3. The Hall–Kier alpha value is -1.79. The second-order valence-corrected chi connectivity index (χ2v) is 4.94. The lowest BCUT2D eigenvalue weighted by Gasteiger charge is -2.25. The van der Waals surface area contributed by atoms with Crippen molar-refractivity contribution in [1.29, 1.82) is 0 Å². The van der Waals surface area contributed by atoms with Crippen molar-refractivity contribution in [3.8, 4) is 5.75 Å². The van der Waals surface area contributed by atoms with Gasteiger partial charge in [-0.1, -0.05) is 6.92 Å². The Bertz CT molecular complexity index is 630. The summed E-state index contributed by atoms with van der Waals surface area (Å²) in [6.45, 7) is 3.44. The zero-order valence-electron chi connectivity index (χ0n) is 12.1. The van der Waals surface area contributed by atoms with Crippen molar-refractivity contribution in [1.82, 2.24) is 9.97 Å². The molecule has 0 fully saturated rings. The first-order chi connectivity index (χ1) is 10.1. The van der Waals surface area contributed by atoms with E-state index in [1.165, 1.54) is 0 Å². The van der Waals surface area contributed by atoms with Gasteiger partial charge < -0.3 is 20.5 Å². The summed E-state index contributed by atoms with van der Waals surface area (Å²) in [7, 11) is 1.57. The van der Waals surface area contributed by atoms with Crippen molar-refractivity contribution in [2.45, 2.75) is 13.3 Å². The van der Waals surface area contributed by atoms with E-state index in [9.17, 15) is 5.11 Å². The minimum absolute atomic E-state index is 0.0574.